The molecule has 0 unspecified atom stereocenters. The van der Waals surface area contributed by atoms with Crippen molar-refractivity contribution in [2.24, 2.45) is 5.11 Å². The standard InChI is InChI=1S/C17H24BrN5O2/c1-17(2,3)25-16(24)23-10-14(8-9-20-22-19)21-15(11-23)12-4-6-13(18)7-5-12/h4-7,14-15,21H,8-11H2,1-3H3/t14-,15+/m1/s1. The first kappa shape index (κ1) is 19.6. The summed E-state index contributed by atoms with van der Waals surface area (Å²) in [4.78, 5) is 17.0. The molecule has 1 amide bonds. The van der Waals surface area contributed by atoms with E-state index in [9.17, 15) is 4.79 Å². The lowest BCUT2D eigenvalue weighted by Crippen LogP contribution is -2.55. The van der Waals surface area contributed by atoms with Crippen LogP contribution in [0.3, 0.4) is 0 Å². The second-order valence-electron chi connectivity index (χ2n) is 7.10. The minimum Gasteiger partial charge on any atom is -0.444 e. The Balaban J connectivity index is 2.14. The highest BCUT2D eigenvalue weighted by Gasteiger charge is 2.32. The summed E-state index contributed by atoms with van der Waals surface area (Å²) in [6.45, 7) is 7.04. The summed E-state index contributed by atoms with van der Waals surface area (Å²) in [5.41, 5.74) is 9.04. The number of benzene rings is 1. The number of ether oxygens (including phenoxy) is 1. The fourth-order valence-corrected chi connectivity index (χ4v) is 3.02. The van der Waals surface area contributed by atoms with E-state index >= 15 is 0 Å². The highest BCUT2D eigenvalue weighted by atomic mass is 79.9. The van der Waals surface area contributed by atoms with Crippen molar-refractivity contribution in [2.75, 3.05) is 19.6 Å². The summed E-state index contributed by atoms with van der Waals surface area (Å²) >= 11 is 3.44. The van der Waals surface area contributed by atoms with E-state index < -0.39 is 5.60 Å². The molecule has 25 heavy (non-hydrogen) atoms. The van der Waals surface area contributed by atoms with Gasteiger partial charge in [0.15, 0.2) is 0 Å². The van der Waals surface area contributed by atoms with Crippen LogP contribution in [0.15, 0.2) is 33.9 Å². The normalized spacial score (nSPS) is 20.7. The number of nitrogens with zero attached hydrogens (tertiary/aromatic N) is 4. The van der Waals surface area contributed by atoms with Crippen molar-refractivity contribution < 1.29 is 9.53 Å². The Kier molecular flexibility index (Phi) is 6.70. The quantitative estimate of drug-likeness (QED) is 0.453. The van der Waals surface area contributed by atoms with Crippen molar-refractivity contribution in [1.82, 2.24) is 10.2 Å². The Morgan fingerprint density at radius 1 is 1.40 bits per heavy atom. The molecule has 0 spiro atoms. The van der Waals surface area contributed by atoms with E-state index in [-0.39, 0.29) is 18.2 Å². The van der Waals surface area contributed by atoms with Gasteiger partial charge in [-0.1, -0.05) is 33.2 Å². The third-order valence-corrected chi connectivity index (χ3v) is 4.37. The zero-order valence-electron chi connectivity index (χ0n) is 14.8. The summed E-state index contributed by atoms with van der Waals surface area (Å²) < 4.78 is 6.53. The molecule has 1 aromatic rings. The first-order chi connectivity index (χ1) is 11.8. The maximum absolute atomic E-state index is 12.5. The van der Waals surface area contributed by atoms with Crippen molar-refractivity contribution >= 4 is 22.0 Å². The molecule has 0 aromatic heterocycles. The smallest absolute Gasteiger partial charge is 0.410 e. The van der Waals surface area contributed by atoms with E-state index in [2.05, 4.69) is 31.3 Å². The van der Waals surface area contributed by atoms with Gasteiger partial charge in [0.05, 0.1) is 6.04 Å². The number of halogens is 1. The Labute approximate surface area is 156 Å². The lowest BCUT2D eigenvalue weighted by Gasteiger charge is -2.39. The van der Waals surface area contributed by atoms with Crippen molar-refractivity contribution in [1.29, 1.82) is 0 Å². The summed E-state index contributed by atoms with van der Waals surface area (Å²) in [5.74, 6) is 0. The van der Waals surface area contributed by atoms with Crippen LogP contribution in [0.4, 0.5) is 4.79 Å². The van der Waals surface area contributed by atoms with E-state index in [1.54, 1.807) is 4.90 Å². The number of amides is 1. The highest BCUT2D eigenvalue weighted by Crippen LogP contribution is 2.24. The van der Waals surface area contributed by atoms with Crippen molar-refractivity contribution in [3.8, 4) is 0 Å². The predicted molar refractivity (Wildman–Crippen MR) is 100 cm³/mol. The molecule has 8 heteroatoms. The molecule has 0 aliphatic carbocycles. The molecular formula is C17H24BrN5O2. The minimum atomic E-state index is -0.532. The van der Waals surface area contributed by atoms with Gasteiger partial charge in [-0.15, -0.1) is 0 Å². The SMILES string of the molecule is CC(C)(C)OC(=O)N1C[C@@H](CCN=[N+]=[N-])N[C@H](c2ccc(Br)cc2)C1. The molecule has 1 N–H and O–H groups in total. The summed E-state index contributed by atoms with van der Waals surface area (Å²) in [6, 6.07) is 8.08. The Bertz CT molecular complexity index is 637. The van der Waals surface area contributed by atoms with Crippen LogP contribution >= 0.6 is 15.9 Å². The fourth-order valence-electron chi connectivity index (χ4n) is 2.76. The van der Waals surface area contributed by atoms with Crippen LogP contribution < -0.4 is 5.32 Å². The van der Waals surface area contributed by atoms with Gasteiger partial charge in [0.25, 0.3) is 0 Å². The van der Waals surface area contributed by atoms with Gasteiger partial charge in [0, 0.05) is 35.1 Å². The van der Waals surface area contributed by atoms with Gasteiger partial charge in [0.1, 0.15) is 5.60 Å². The van der Waals surface area contributed by atoms with Crippen LogP contribution in [0.2, 0.25) is 0 Å². The molecule has 0 radical (unpaired) electrons. The first-order valence-electron chi connectivity index (χ1n) is 8.29. The molecule has 2 atom stereocenters. The monoisotopic (exact) mass is 409 g/mol. The average Bonchev–Trinajstić information content (AvgIpc) is 2.54. The lowest BCUT2D eigenvalue weighted by molar-refractivity contribution is 0.0149. The van der Waals surface area contributed by atoms with Gasteiger partial charge in [0.2, 0.25) is 0 Å². The van der Waals surface area contributed by atoms with E-state index in [0.29, 0.717) is 26.1 Å². The number of azide groups is 1. The second-order valence-corrected chi connectivity index (χ2v) is 8.01. The molecule has 1 aliphatic heterocycles. The lowest BCUT2D eigenvalue weighted by atomic mass is 10.0. The van der Waals surface area contributed by atoms with E-state index in [1.165, 1.54) is 0 Å². The van der Waals surface area contributed by atoms with Crippen LogP contribution in [0, 0.1) is 0 Å². The van der Waals surface area contributed by atoms with Gasteiger partial charge >= 0.3 is 6.09 Å². The Morgan fingerprint density at radius 3 is 2.68 bits per heavy atom. The number of rotatable bonds is 4. The number of piperazine rings is 1. The van der Waals surface area contributed by atoms with Crippen LogP contribution in [0.25, 0.3) is 10.4 Å². The third-order valence-electron chi connectivity index (χ3n) is 3.85. The van der Waals surface area contributed by atoms with E-state index in [0.717, 1.165) is 10.0 Å². The van der Waals surface area contributed by atoms with Gasteiger partial charge < -0.3 is 15.0 Å². The van der Waals surface area contributed by atoms with E-state index in [1.807, 2.05) is 45.0 Å². The maximum atomic E-state index is 12.5. The van der Waals surface area contributed by atoms with Crippen LogP contribution in [0.5, 0.6) is 0 Å². The fraction of sp³-hybridized carbons (Fsp3) is 0.588. The third kappa shape index (κ3) is 6.23. The van der Waals surface area contributed by atoms with E-state index in [4.69, 9.17) is 10.3 Å². The van der Waals surface area contributed by atoms with Crippen LogP contribution in [0.1, 0.15) is 38.8 Å². The van der Waals surface area contributed by atoms with Crippen LogP contribution in [-0.2, 0) is 4.74 Å². The van der Waals surface area contributed by atoms with Crippen molar-refractivity contribution in [3.05, 3.63) is 44.7 Å². The van der Waals surface area contributed by atoms with Gasteiger partial charge in [-0.25, -0.2) is 4.79 Å². The van der Waals surface area contributed by atoms with Crippen molar-refractivity contribution in [3.63, 3.8) is 0 Å². The topological polar surface area (TPSA) is 90.3 Å². The summed E-state index contributed by atoms with van der Waals surface area (Å²) in [5, 5.41) is 7.15. The first-order valence-corrected chi connectivity index (χ1v) is 9.08. The Hall–Kier alpha value is -1.76. The second kappa shape index (κ2) is 8.56. The zero-order valence-corrected chi connectivity index (χ0v) is 16.4. The average molecular weight is 410 g/mol. The van der Waals surface area contributed by atoms with Gasteiger partial charge in [-0.05, 0) is 50.4 Å². The van der Waals surface area contributed by atoms with Gasteiger partial charge in [-0.3, -0.25) is 0 Å². The van der Waals surface area contributed by atoms with Gasteiger partial charge in [-0.2, -0.15) is 0 Å². The molecule has 0 saturated carbocycles. The molecule has 136 valence electrons. The summed E-state index contributed by atoms with van der Waals surface area (Å²) in [7, 11) is 0. The molecule has 1 aliphatic rings. The molecule has 7 nitrogen and oxygen atoms in total. The number of carbonyl (C=O) groups is 1. The number of hydrogen-bond donors (Lipinski definition) is 1. The summed E-state index contributed by atoms with van der Waals surface area (Å²) in [6.07, 6.45) is 0.348. The molecule has 0 bridgehead atoms. The number of nitrogens with one attached hydrogen (secondary N) is 1. The molecule has 1 fully saturated rings. The van der Waals surface area contributed by atoms with Crippen LogP contribution in [-0.4, -0.2) is 42.3 Å². The highest BCUT2D eigenvalue weighted by molar-refractivity contribution is 9.10. The molecule has 1 aromatic carbocycles. The largest absolute Gasteiger partial charge is 0.444 e. The predicted octanol–water partition coefficient (Wildman–Crippen LogP) is 4.40. The molecule has 2 rings (SSSR count). The number of hydrogen-bond acceptors (Lipinski definition) is 4. The molecule has 1 saturated heterocycles. The minimum absolute atomic E-state index is 0.00503. The maximum Gasteiger partial charge on any atom is 0.410 e. The number of carbonyl (C=O) groups excluding carboxylic acids is 1. The molecule has 1 heterocycles. The zero-order chi connectivity index (χ0) is 18.4. The molecular weight excluding hydrogens is 386 g/mol. The Morgan fingerprint density at radius 2 is 2.08 bits per heavy atom. The van der Waals surface area contributed by atoms with Crippen molar-refractivity contribution in [2.45, 2.75) is 44.9 Å².